The van der Waals surface area contributed by atoms with Crippen molar-refractivity contribution in [2.24, 2.45) is 0 Å². The van der Waals surface area contributed by atoms with E-state index >= 15 is 0 Å². The van der Waals surface area contributed by atoms with E-state index in [1.165, 1.54) is 0 Å². The molecule has 27 heavy (non-hydrogen) atoms. The third-order valence-corrected chi connectivity index (χ3v) is 4.53. The summed E-state index contributed by atoms with van der Waals surface area (Å²) in [6.07, 6.45) is -0.893. The number of carbonyl (C=O) groups is 2. The first kappa shape index (κ1) is 18.9. The van der Waals surface area contributed by atoms with Gasteiger partial charge in [0, 0.05) is 24.5 Å². The van der Waals surface area contributed by atoms with E-state index in [9.17, 15) is 9.59 Å². The zero-order chi connectivity index (χ0) is 19.2. The molecule has 6 nitrogen and oxygen atoms in total. The third kappa shape index (κ3) is 4.86. The highest BCUT2D eigenvalue weighted by molar-refractivity contribution is 5.97. The van der Waals surface area contributed by atoms with Crippen LogP contribution in [-0.4, -0.2) is 44.3 Å². The van der Waals surface area contributed by atoms with E-state index < -0.39 is 12.1 Å². The molecule has 2 aromatic rings. The Morgan fingerprint density at radius 2 is 1.74 bits per heavy atom. The van der Waals surface area contributed by atoms with Crippen molar-refractivity contribution in [2.75, 3.05) is 36.5 Å². The summed E-state index contributed by atoms with van der Waals surface area (Å²) in [5.74, 6) is -0.866. The van der Waals surface area contributed by atoms with Crippen molar-refractivity contribution in [1.29, 1.82) is 0 Å². The van der Waals surface area contributed by atoms with Gasteiger partial charge in [-0.25, -0.2) is 4.79 Å². The number of nitrogens with one attached hydrogen (secondary N) is 1. The van der Waals surface area contributed by atoms with E-state index in [0.717, 1.165) is 37.6 Å². The minimum Gasteiger partial charge on any atom is -0.449 e. The van der Waals surface area contributed by atoms with Gasteiger partial charge in [-0.05, 0) is 49.7 Å². The lowest BCUT2D eigenvalue weighted by atomic mass is 10.1. The van der Waals surface area contributed by atoms with Crippen LogP contribution in [0.3, 0.4) is 0 Å². The predicted octanol–water partition coefficient (Wildman–Crippen LogP) is 3.02. The summed E-state index contributed by atoms with van der Waals surface area (Å²) < 4.78 is 10.7. The second kappa shape index (κ2) is 8.68. The molecular formula is C21H24N2O4. The van der Waals surface area contributed by atoms with Crippen LogP contribution in [0.15, 0.2) is 48.5 Å². The highest BCUT2D eigenvalue weighted by atomic mass is 16.5. The molecule has 3 rings (SSSR count). The molecule has 1 amide bonds. The minimum atomic E-state index is -0.893. The normalized spacial score (nSPS) is 15.1. The first-order chi connectivity index (χ1) is 13.0. The van der Waals surface area contributed by atoms with Gasteiger partial charge in [-0.1, -0.05) is 18.2 Å². The van der Waals surface area contributed by atoms with Crippen LogP contribution in [0.1, 0.15) is 22.8 Å². The number of benzene rings is 2. The van der Waals surface area contributed by atoms with Crippen LogP contribution in [0.25, 0.3) is 0 Å². The van der Waals surface area contributed by atoms with Crippen molar-refractivity contribution in [3.05, 3.63) is 59.7 Å². The monoisotopic (exact) mass is 368 g/mol. The molecule has 1 N–H and O–H groups in total. The lowest BCUT2D eigenvalue weighted by Gasteiger charge is -2.28. The summed E-state index contributed by atoms with van der Waals surface area (Å²) in [6, 6.07) is 14.8. The van der Waals surface area contributed by atoms with Gasteiger partial charge >= 0.3 is 5.97 Å². The van der Waals surface area contributed by atoms with Crippen molar-refractivity contribution in [3.63, 3.8) is 0 Å². The number of carbonyl (C=O) groups excluding carboxylic acids is 2. The van der Waals surface area contributed by atoms with E-state index in [0.29, 0.717) is 11.3 Å². The highest BCUT2D eigenvalue weighted by Gasteiger charge is 2.20. The number of ether oxygens (including phenoxy) is 2. The number of aryl methyl sites for hydroxylation is 1. The topological polar surface area (TPSA) is 67.9 Å². The number of morpholine rings is 1. The van der Waals surface area contributed by atoms with Crippen LogP contribution in [0.2, 0.25) is 0 Å². The zero-order valence-corrected chi connectivity index (χ0v) is 15.6. The molecule has 1 aliphatic rings. The molecule has 1 saturated heterocycles. The average Bonchev–Trinajstić information content (AvgIpc) is 2.69. The molecule has 6 heteroatoms. The molecule has 0 radical (unpaired) electrons. The van der Waals surface area contributed by atoms with E-state index in [4.69, 9.17) is 9.47 Å². The molecule has 142 valence electrons. The number of rotatable bonds is 5. The van der Waals surface area contributed by atoms with Gasteiger partial charge in [0.2, 0.25) is 0 Å². The van der Waals surface area contributed by atoms with E-state index in [1.807, 2.05) is 43.3 Å². The maximum atomic E-state index is 12.3. The van der Waals surface area contributed by atoms with E-state index in [-0.39, 0.29) is 5.91 Å². The smallest absolute Gasteiger partial charge is 0.339 e. The second-order valence-corrected chi connectivity index (χ2v) is 6.50. The summed E-state index contributed by atoms with van der Waals surface area (Å²) in [7, 11) is 0. The van der Waals surface area contributed by atoms with Crippen molar-refractivity contribution >= 4 is 23.3 Å². The quantitative estimate of drug-likeness (QED) is 0.822. The van der Waals surface area contributed by atoms with Gasteiger partial charge in [-0.15, -0.1) is 0 Å². The Morgan fingerprint density at radius 3 is 2.41 bits per heavy atom. The number of anilines is 2. The van der Waals surface area contributed by atoms with E-state index in [2.05, 4.69) is 10.2 Å². The van der Waals surface area contributed by atoms with Crippen molar-refractivity contribution in [3.8, 4) is 0 Å². The fraction of sp³-hybridized carbons (Fsp3) is 0.333. The van der Waals surface area contributed by atoms with Gasteiger partial charge in [0.25, 0.3) is 5.91 Å². The minimum absolute atomic E-state index is 0.365. The summed E-state index contributed by atoms with van der Waals surface area (Å²) >= 11 is 0. The Morgan fingerprint density at radius 1 is 1.07 bits per heavy atom. The summed E-state index contributed by atoms with van der Waals surface area (Å²) in [5, 5.41) is 2.78. The van der Waals surface area contributed by atoms with Crippen LogP contribution in [0, 0.1) is 6.92 Å². The summed E-state index contributed by atoms with van der Waals surface area (Å²) in [5.41, 5.74) is 3.03. The Labute approximate surface area is 159 Å². The first-order valence-electron chi connectivity index (χ1n) is 9.05. The molecule has 0 saturated carbocycles. The average molecular weight is 368 g/mol. The van der Waals surface area contributed by atoms with Crippen LogP contribution in [0.5, 0.6) is 0 Å². The van der Waals surface area contributed by atoms with Gasteiger partial charge < -0.3 is 19.7 Å². The highest BCUT2D eigenvalue weighted by Crippen LogP contribution is 2.19. The predicted molar refractivity (Wildman–Crippen MR) is 104 cm³/mol. The molecule has 0 spiro atoms. The number of amides is 1. The largest absolute Gasteiger partial charge is 0.449 e. The van der Waals surface area contributed by atoms with Gasteiger partial charge in [0.05, 0.1) is 18.8 Å². The van der Waals surface area contributed by atoms with E-state index in [1.54, 1.807) is 19.1 Å². The molecule has 1 unspecified atom stereocenters. The first-order valence-corrected chi connectivity index (χ1v) is 9.05. The lowest BCUT2D eigenvalue weighted by Crippen LogP contribution is -2.36. The number of hydrogen-bond donors (Lipinski definition) is 1. The van der Waals surface area contributed by atoms with Gasteiger partial charge in [0.1, 0.15) is 0 Å². The number of hydrogen-bond acceptors (Lipinski definition) is 5. The van der Waals surface area contributed by atoms with Crippen LogP contribution < -0.4 is 10.2 Å². The van der Waals surface area contributed by atoms with Crippen molar-refractivity contribution in [2.45, 2.75) is 20.0 Å². The van der Waals surface area contributed by atoms with Gasteiger partial charge in [-0.3, -0.25) is 4.79 Å². The molecule has 1 aliphatic heterocycles. The maximum Gasteiger partial charge on any atom is 0.339 e. The van der Waals surface area contributed by atoms with Gasteiger partial charge in [0.15, 0.2) is 6.10 Å². The Kier molecular flexibility index (Phi) is 6.08. The fourth-order valence-electron chi connectivity index (χ4n) is 2.90. The van der Waals surface area contributed by atoms with Crippen LogP contribution >= 0.6 is 0 Å². The molecule has 0 aromatic heterocycles. The Bertz CT molecular complexity index is 798. The molecule has 0 aliphatic carbocycles. The molecule has 2 aromatic carbocycles. The molecule has 1 heterocycles. The van der Waals surface area contributed by atoms with Crippen molar-refractivity contribution < 1.29 is 19.1 Å². The van der Waals surface area contributed by atoms with Crippen molar-refractivity contribution in [1.82, 2.24) is 0 Å². The number of esters is 1. The summed E-state index contributed by atoms with van der Waals surface area (Å²) in [4.78, 5) is 26.8. The lowest BCUT2D eigenvalue weighted by molar-refractivity contribution is -0.123. The number of nitrogens with zero attached hydrogens (tertiary/aromatic N) is 1. The molecule has 1 atom stereocenters. The zero-order valence-electron chi connectivity index (χ0n) is 15.6. The Balaban J connectivity index is 1.56. The SMILES string of the molecule is Cc1ccccc1C(=O)OC(C)C(=O)Nc1ccc(N2CCOCC2)cc1. The van der Waals surface area contributed by atoms with Crippen LogP contribution in [-0.2, 0) is 14.3 Å². The van der Waals surface area contributed by atoms with Crippen LogP contribution in [0.4, 0.5) is 11.4 Å². The molecule has 0 bridgehead atoms. The van der Waals surface area contributed by atoms with Gasteiger partial charge in [-0.2, -0.15) is 0 Å². The Hall–Kier alpha value is -2.86. The third-order valence-electron chi connectivity index (χ3n) is 4.53. The fourth-order valence-corrected chi connectivity index (χ4v) is 2.90. The maximum absolute atomic E-state index is 12.3. The molecule has 1 fully saturated rings. The standard InChI is InChI=1S/C21H24N2O4/c1-15-5-3-4-6-19(15)21(25)27-16(2)20(24)22-17-7-9-18(10-8-17)23-11-13-26-14-12-23/h3-10,16H,11-14H2,1-2H3,(H,22,24). The molecular weight excluding hydrogens is 344 g/mol. The second-order valence-electron chi connectivity index (χ2n) is 6.50. The summed E-state index contributed by atoms with van der Waals surface area (Å²) in [6.45, 7) is 6.56.